The first-order valence-corrected chi connectivity index (χ1v) is 10.8. The third kappa shape index (κ3) is 4.35. The van der Waals surface area contributed by atoms with E-state index in [1.165, 1.54) is 0 Å². The van der Waals surface area contributed by atoms with E-state index in [0.29, 0.717) is 24.3 Å². The van der Waals surface area contributed by atoms with E-state index in [2.05, 4.69) is 25.5 Å². The van der Waals surface area contributed by atoms with Gasteiger partial charge in [-0.15, -0.1) is 11.3 Å². The summed E-state index contributed by atoms with van der Waals surface area (Å²) in [4.78, 5) is 38.5. The number of nitrogens with zero attached hydrogens (tertiary/aromatic N) is 4. The van der Waals surface area contributed by atoms with Gasteiger partial charge < -0.3 is 20.4 Å². The molecule has 0 unspecified atom stereocenters. The Labute approximate surface area is 178 Å². The van der Waals surface area contributed by atoms with Crippen LogP contribution in [0.25, 0.3) is 10.2 Å². The number of urea groups is 1. The monoisotopic (exact) mass is 424 g/mol. The first kappa shape index (κ1) is 20.1. The molecule has 2 aromatic heterocycles. The van der Waals surface area contributed by atoms with Crippen LogP contribution in [0, 0.1) is 0 Å². The maximum Gasteiger partial charge on any atom is 0.319 e. The van der Waals surface area contributed by atoms with E-state index in [9.17, 15) is 9.59 Å². The van der Waals surface area contributed by atoms with Crippen molar-refractivity contribution in [2.75, 3.05) is 36.4 Å². The molecular formula is C21H24N6O2S. The van der Waals surface area contributed by atoms with Crippen LogP contribution in [0.1, 0.15) is 24.2 Å². The molecule has 8 nitrogen and oxygen atoms in total. The van der Waals surface area contributed by atoms with E-state index in [4.69, 9.17) is 0 Å². The van der Waals surface area contributed by atoms with Gasteiger partial charge in [-0.2, -0.15) is 0 Å². The summed E-state index contributed by atoms with van der Waals surface area (Å²) < 4.78 is 0. The number of fused-ring (bicyclic) bond motifs is 1. The van der Waals surface area contributed by atoms with Gasteiger partial charge in [0.25, 0.3) is 5.91 Å². The molecule has 3 heterocycles. The Morgan fingerprint density at radius 3 is 2.47 bits per heavy atom. The summed E-state index contributed by atoms with van der Waals surface area (Å²) in [5.74, 6) is 0.930. The molecule has 0 bridgehead atoms. The van der Waals surface area contributed by atoms with Crippen LogP contribution in [0.2, 0.25) is 0 Å². The Balaban J connectivity index is 1.36. The number of amides is 3. The molecule has 0 spiro atoms. The van der Waals surface area contributed by atoms with Crippen molar-refractivity contribution in [3.8, 4) is 0 Å². The average Bonchev–Trinajstić information content (AvgIpc) is 3.22. The van der Waals surface area contributed by atoms with E-state index < -0.39 is 0 Å². The summed E-state index contributed by atoms with van der Waals surface area (Å²) in [6.45, 7) is 6.51. The second kappa shape index (κ2) is 8.66. The molecule has 0 saturated carbocycles. The zero-order chi connectivity index (χ0) is 21.1. The van der Waals surface area contributed by atoms with Crippen LogP contribution < -0.4 is 15.5 Å². The predicted octanol–water partition coefficient (Wildman–Crippen LogP) is 3.18. The fourth-order valence-electron chi connectivity index (χ4n) is 3.46. The van der Waals surface area contributed by atoms with E-state index in [0.717, 1.165) is 29.1 Å². The van der Waals surface area contributed by atoms with Gasteiger partial charge in [0.15, 0.2) is 0 Å². The first-order chi connectivity index (χ1) is 14.5. The van der Waals surface area contributed by atoms with Crippen molar-refractivity contribution in [1.29, 1.82) is 0 Å². The summed E-state index contributed by atoms with van der Waals surface area (Å²) in [5, 5.41) is 8.61. The lowest BCUT2D eigenvalue weighted by atomic mass is 10.1. The molecule has 1 aromatic carbocycles. The van der Waals surface area contributed by atoms with Crippen LogP contribution in [0.3, 0.4) is 0 Å². The second-order valence-corrected chi connectivity index (χ2v) is 8.34. The van der Waals surface area contributed by atoms with E-state index in [-0.39, 0.29) is 18.0 Å². The van der Waals surface area contributed by atoms with Gasteiger partial charge in [-0.1, -0.05) is 0 Å². The number of hydrogen-bond donors (Lipinski definition) is 2. The van der Waals surface area contributed by atoms with Crippen molar-refractivity contribution in [3.05, 3.63) is 47.6 Å². The Hall–Kier alpha value is -3.20. The summed E-state index contributed by atoms with van der Waals surface area (Å²) in [5.41, 5.74) is 1.26. The number of benzene rings is 1. The van der Waals surface area contributed by atoms with Crippen molar-refractivity contribution in [1.82, 2.24) is 20.2 Å². The third-order valence-corrected chi connectivity index (χ3v) is 5.74. The molecule has 1 aliphatic heterocycles. The van der Waals surface area contributed by atoms with E-state index >= 15 is 0 Å². The number of carbonyl (C=O) groups excluding carboxylic acids is 2. The lowest BCUT2D eigenvalue weighted by molar-refractivity contribution is 0.0746. The van der Waals surface area contributed by atoms with Gasteiger partial charge in [0.05, 0.1) is 5.39 Å². The molecule has 3 aromatic rings. The number of carbonyl (C=O) groups is 2. The molecule has 30 heavy (non-hydrogen) atoms. The smallest absolute Gasteiger partial charge is 0.319 e. The van der Waals surface area contributed by atoms with Crippen molar-refractivity contribution in [2.24, 2.45) is 0 Å². The normalized spacial score (nSPS) is 14.2. The number of hydrogen-bond acceptors (Lipinski definition) is 6. The highest BCUT2D eigenvalue weighted by molar-refractivity contribution is 7.16. The molecule has 1 saturated heterocycles. The van der Waals surface area contributed by atoms with Crippen LogP contribution in [-0.4, -0.2) is 59.0 Å². The Bertz CT molecular complexity index is 1040. The van der Waals surface area contributed by atoms with Crippen LogP contribution in [-0.2, 0) is 0 Å². The standard InChI is InChI=1S/C21H24N6O2S/c1-14(2)24-21(29)25-16-5-3-15(4-6-16)20(28)27-10-8-26(9-11-27)18-17-7-12-30-19(17)23-13-22-18/h3-7,12-14H,8-11H2,1-2H3,(H2,24,25,29). The lowest BCUT2D eigenvalue weighted by Crippen LogP contribution is -2.49. The van der Waals surface area contributed by atoms with Crippen molar-refractivity contribution < 1.29 is 9.59 Å². The minimum atomic E-state index is -0.260. The first-order valence-electron chi connectivity index (χ1n) is 9.91. The molecule has 3 amide bonds. The number of anilines is 2. The van der Waals surface area contributed by atoms with E-state index in [1.54, 1.807) is 41.9 Å². The molecule has 0 radical (unpaired) electrons. The molecular weight excluding hydrogens is 400 g/mol. The zero-order valence-corrected chi connectivity index (χ0v) is 17.8. The molecule has 156 valence electrons. The largest absolute Gasteiger partial charge is 0.352 e. The predicted molar refractivity (Wildman–Crippen MR) is 119 cm³/mol. The van der Waals surface area contributed by atoms with Gasteiger partial charge in [0.2, 0.25) is 0 Å². The SMILES string of the molecule is CC(C)NC(=O)Nc1ccc(C(=O)N2CCN(c3ncnc4sccc34)CC2)cc1. The Kier molecular flexibility index (Phi) is 5.80. The van der Waals surface area contributed by atoms with Crippen LogP contribution in [0.4, 0.5) is 16.3 Å². The highest BCUT2D eigenvalue weighted by Gasteiger charge is 2.24. The third-order valence-electron chi connectivity index (χ3n) is 4.92. The number of piperazine rings is 1. The van der Waals surface area contributed by atoms with Crippen LogP contribution in [0.15, 0.2) is 42.0 Å². The topological polar surface area (TPSA) is 90.5 Å². The maximum absolute atomic E-state index is 12.9. The molecule has 0 aliphatic carbocycles. The van der Waals surface area contributed by atoms with E-state index in [1.807, 2.05) is 30.2 Å². The number of aromatic nitrogens is 2. The fraction of sp³-hybridized carbons (Fsp3) is 0.333. The highest BCUT2D eigenvalue weighted by atomic mass is 32.1. The summed E-state index contributed by atoms with van der Waals surface area (Å²) in [6.07, 6.45) is 1.60. The van der Waals surface area contributed by atoms with Crippen molar-refractivity contribution >= 4 is 45.0 Å². The zero-order valence-electron chi connectivity index (χ0n) is 17.0. The molecule has 1 aliphatic rings. The molecule has 4 rings (SSSR count). The van der Waals surface area contributed by atoms with Gasteiger partial charge in [-0.3, -0.25) is 4.79 Å². The summed E-state index contributed by atoms with van der Waals surface area (Å²) >= 11 is 1.60. The highest BCUT2D eigenvalue weighted by Crippen LogP contribution is 2.27. The van der Waals surface area contributed by atoms with Gasteiger partial charge in [-0.25, -0.2) is 14.8 Å². The summed E-state index contributed by atoms with van der Waals surface area (Å²) in [6, 6.07) is 8.84. The lowest BCUT2D eigenvalue weighted by Gasteiger charge is -2.35. The Morgan fingerprint density at radius 2 is 1.77 bits per heavy atom. The van der Waals surface area contributed by atoms with Crippen LogP contribution in [0.5, 0.6) is 0 Å². The van der Waals surface area contributed by atoms with Crippen molar-refractivity contribution in [3.63, 3.8) is 0 Å². The van der Waals surface area contributed by atoms with Gasteiger partial charge in [0, 0.05) is 43.5 Å². The minimum absolute atomic E-state index is 0.00352. The number of nitrogens with one attached hydrogen (secondary N) is 2. The van der Waals surface area contributed by atoms with Gasteiger partial charge in [0.1, 0.15) is 17.0 Å². The van der Waals surface area contributed by atoms with Crippen molar-refractivity contribution in [2.45, 2.75) is 19.9 Å². The quantitative estimate of drug-likeness (QED) is 0.671. The Morgan fingerprint density at radius 1 is 1.03 bits per heavy atom. The van der Waals surface area contributed by atoms with Crippen LogP contribution >= 0.6 is 11.3 Å². The maximum atomic E-state index is 12.9. The second-order valence-electron chi connectivity index (χ2n) is 7.45. The number of rotatable bonds is 4. The average molecular weight is 425 g/mol. The minimum Gasteiger partial charge on any atom is -0.352 e. The summed E-state index contributed by atoms with van der Waals surface area (Å²) in [7, 11) is 0. The molecule has 1 fully saturated rings. The molecule has 2 N–H and O–H groups in total. The molecule has 9 heteroatoms. The fourth-order valence-corrected chi connectivity index (χ4v) is 4.19. The molecule has 0 atom stereocenters. The van der Waals surface area contributed by atoms with Gasteiger partial charge >= 0.3 is 6.03 Å². The van der Waals surface area contributed by atoms with Gasteiger partial charge in [-0.05, 0) is 49.6 Å². The number of thiophene rings is 1.